The number of benzene rings is 2. The summed E-state index contributed by atoms with van der Waals surface area (Å²) < 4.78 is 26.6. The van der Waals surface area contributed by atoms with Crippen LogP contribution in [0.3, 0.4) is 0 Å². The van der Waals surface area contributed by atoms with Gasteiger partial charge in [-0.05, 0) is 31.7 Å². The Morgan fingerprint density at radius 1 is 1.18 bits per heavy atom. The molecule has 0 unspecified atom stereocenters. The van der Waals surface area contributed by atoms with Gasteiger partial charge in [-0.15, -0.1) is 0 Å². The molecule has 1 N–H and O–H groups in total. The van der Waals surface area contributed by atoms with Crippen LogP contribution >= 0.6 is 0 Å². The van der Waals surface area contributed by atoms with E-state index in [1.54, 1.807) is 7.05 Å². The van der Waals surface area contributed by atoms with Crippen molar-refractivity contribution in [1.29, 1.82) is 0 Å². The largest absolute Gasteiger partial charge is 0.322 e. The number of amides is 1. The molecule has 0 fully saturated rings. The van der Waals surface area contributed by atoms with Crippen LogP contribution in [0.2, 0.25) is 0 Å². The quantitative estimate of drug-likeness (QED) is 0.915. The molecule has 2 rings (SSSR count). The predicted molar refractivity (Wildman–Crippen MR) is 82.5 cm³/mol. The Hall–Kier alpha value is -2.27. The SMILES string of the molecule is C[C@H](c1ccccc1)N(C)CC(=O)Nc1cc(F)ccc1F. The Morgan fingerprint density at radius 3 is 2.55 bits per heavy atom. The third-order valence-electron chi connectivity index (χ3n) is 3.54. The third-order valence-corrected chi connectivity index (χ3v) is 3.54. The van der Waals surface area contributed by atoms with Gasteiger partial charge >= 0.3 is 0 Å². The van der Waals surface area contributed by atoms with E-state index in [9.17, 15) is 13.6 Å². The highest BCUT2D eigenvalue weighted by Crippen LogP contribution is 2.19. The van der Waals surface area contributed by atoms with Gasteiger partial charge in [0.05, 0.1) is 12.2 Å². The molecule has 1 atom stereocenters. The number of anilines is 1. The zero-order valence-corrected chi connectivity index (χ0v) is 12.5. The second-order valence-corrected chi connectivity index (χ2v) is 5.17. The summed E-state index contributed by atoms with van der Waals surface area (Å²) in [4.78, 5) is 13.8. The fraction of sp³-hybridized carbons (Fsp3) is 0.235. The van der Waals surface area contributed by atoms with Gasteiger partial charge in [0.15, 0.2) is 0 Å². The lowest BCUT2D eigenvalue weighted by Crippen LogP contribution is -2.32. The van der Waals surface area contributed by atoms with Crippen molar-refractivity contribution in [3.63, 3.8) is 0 Å². The molecule has 0 radical (unpaired) electrons. The number of carbonyl (C=O) groups excluding carboxylic acids is 1. The van der Waals surface area contributed by atoms with Crippen LogP contribution in [0.1, 0.15) is 18.5 Å². The summed E-state index contributed by atoms with van der Waals surface area (Å²) in [6.07, 6.45) is 0. The van der Waals surface area contributed by atoms with Crippen molar-refractivity contribution in [1.82, 2.24) is 4.90 Å². The first-order valence-corrected chi connectivity index (χ1v) is 6.97. The molecule has 1 amide bonds. The van der Waals surface area contributed by atoms with Gasteiger partial charge in [-0.3, -0.25) is 9.69 Å². The van der Waals surface area contributed by atoms with E-state index in [0.29, 0.717) is 0 Å². The van der Waals surface area contributed by atoms with Crippen LogP contribution in [0, 0.1) is 11.6 Å². The Balaban J connectivity index is 1.98. The zero-order valence-electron chi connectivity index (χ0n) is 12.5. The molecule has 0 spiro atoms. The molecule has 116 valence electrons. The lowest BCUT2D eigenvalue weighted by Gasteiger charge is -2.24. The van der Waals surface area contributed by atoms with Crippen molar-refractivity contribution in [2.45, 2.75) is 13.0 Å². The number of likely N-dealkylation sites (N-methyl/N-ethyl adjacent to an activating group) is 1. The Labute approximate surface area is 128 Å². The Kier molecular flexibility index (Phi) is 5.22. The van der Waals surface area contributed by atoms with Gasteiger partial charge in [-0.25, -0.2) is 8.78 Å². The van der Waals surface area contributed by atoms with E-state index in [2.05, 4.69) is 5.32 Å². The van der Waals surface area contributed by atoms with Gasteiger partial charge in [0.2, 0.25) is 5.91 Å². The minimum atomic E-state index is -0.659. The van der Waals surface area contributed by atoms with E-state index in [0.717, 1.165) is 23.8 Å². The molecule has 0 saturated carbocycles. The van der Waals surface area contributed by atoms with Gasteiger partial charge in [0.1, 0.15) is 11.6 Å². The number of hydrogen-bond donors (Lipinski definition) is 1. The molecule has 5 heteroatoms. The molecule has 22 heavy (non-hydrogen) atoms. The van der Waals surface area contributed by atoms with Gasteiger partial charge in [-0.2, -0.15) is 0 Å². The maximum absolute atomic E-state index is 13.5. The highest BCUT2D eigenvalue weighted by atomic mass is 19.1. The highest BCUT2D eigenvalue weighted by Gasteiger charge is 2.15. The molecule has 0 bridgehead atoms. The normalized spacial score (nSPS) is 12.2. The molecule has 0 aliphatic rings. The van der Waals surface area contributed by atoms with Gasteiger partial charge in [-0.1, -0.05) is 30.3 Å². The summed E-state index contributed by atoms with van der Waals surface area (Å²) in [6.45, 7) is 2.05. The van der Waals surface area contributed by atoms with E-state index in [1.807, 2.05) is 42.2 Å². The van der Waals surface area contributed by atoms with Crippen LogP contribution < -0.4 is 5.32 Å². The van der Waals surface area contributed by atoms with Crippen LogP contribution in [0.15, 0.2) is 48.5 Å². The summed E-state index contributed by atoms with van der Waals surface area (Å²) in [5, 5.41) is 2.39. The van der Waals surface area contributed by atoms with Crippen LogP contribution in [-0.2, 0) is 4.79 Å². The van der Waals surface area contributed by atoms with Crippen molar-refractivity contribution >= 4 is 11.6 Å². The fourth-order valence-corrected chi connectivity index (χ4v) is 2.13. The molecule has 0 aliphatic carbocycles. The van der Waals surface area contributed by atoms with Crippen LogP contribution in [-0.4, -0.2) is 24.4 Å². The van der Waals surface area contributed by atoms with Crippen LogP contribution in [0.25, 0.3) is 0 Å². The Morgan fingerprint density at radius 2 is 1.86 bits per heavy atom. The standard InChI is InChI=1S/C17H18F2N2O/c1-12(13-6-4-3-5-7-13)21(2)11-17(22)20-16-10-14(18)8-9-15(16)19/h3-10,12H,11H2,1-2H3,(H,20,22)/t12-/m1/s1. The summed E-state index contributed by atoms with van der Waals surface area (Å²) in [7, 11) is 1.80. The van der Waals surface area contributed by atoms with E-state index >= 15 is 0 Å². The van der Waals surface area contributed by atoms with Crippen molar-refractivity contribution in [3.8, 4) is 0 Å². The lowest BCUT2D eigenvalue weighted by atomic mass is 10.1. The van der Waals surface area contributed by atoms with Crippen LogP contribution in [0.5, 0.6) is 0 Å². The minimum absolute atomic E-state index is 0.0318. The maximum Gasteiger partial charge on any atom is 0.238 e. The first kappa shape index (κ1) is 16.1. The summed E-state index contributed by atoms with van der Waals surface area (Å²) in [5.74, 6) is -1.65. The van der Waals surface area contributed by atoms with Gasteiger partial charge in [0, 0.05) is 12.1 Å². The molecule has 2 aromatic rings. The molecule has 0 aromatic heterocycles. The van der Waals surface area contributed by atoms with E-state index < -0.39 is 17.5 Å². The van der Waals surface area contributed by atoms with E-state index in [-0.39, 0.29) is 18.3 Å². The highest BCUT2D eigenvalue weighted by molar-refractivity contribution is 5.92. The monoisotopic (exact) mass is 304 g/mol. The van der Waals surface area contributed by atoms with Crippen molar-refractivity contribution in [2.75, 3.05) is 18.9 Å². The zero-order chi connectivity index (χ0) is 16.1. The second kappa shape index (κ2) is 7.13. The third kappa shape index (κ3) is 4.11. The average Bonchev–Trinajstić information content (AvgIpc) is 2.51. The van der Waals surface area contributed by atoms with Crippen molar-refractivity contribution in [2.24, 2.45) is 0 Å². The maximum atomic E-state index is 13.5. The summed E-state index contributed by atoms with van der Waals surface area (Å²) in [5.41, 5.74) is 0.931. The number of hydrogen-bond acceptors (Lipinski definition) is 2. The second-order valence-electron chi connectivity index (χ2n) is 5.17. The molecular formula is C17H18F2N2O. The van der Waals surface area contributed by atoms with Crippen LogP contribution in [0.4, 0.5) is 14.5 Å². The van der Waals surface area contributed by atoms with Crippen molar-refractivity contribution in [3.05, 3.63) is 65.7 Å². The predicted octanol–water partition coefficient (Wildman–Crippen LogP) is 3.60. The number of nitrogens with one attached hydrogen (secondary N) is 1. The first-order chi connectivity index (χ1) is 10.5. The lowest BCUT2D eigenvalue weighted by molar-refractivity contribution is -0.117. The number of halogens is 2. The minimum Gasteiger partial charge on any atom is -0.322 e. The summed E-state index contributed by atoms with van der Waals surface area (Å²) in [6, 6.07) is 12.7. The molecule has 0 aliphatic heterocycles. The molecule has 3 nitrogen and oxygen atoms in total. The number of nitrogens with zero attached hydrogens (tertiary/aromatic N) is 1. The van der Waals surface area contributed by atoms with E-state index in [4.69, 9.17) is 0 Å². The number of rotatable bonds is 5. The topological polar surface area (TPSA) is 32.3 Å². The van der Waals surface area contributed by atoms with Gasteiger partial charge < -0.3 is 5.32 Å². The molecule has 0 heterocycles. The van der Waals surface area contributed by atoms with Gasteiger partial charge in [0.25, 0.3) is 0 Å². The van der Waals surface area contributed by atoms with Crippen molar-refractivity contribution < 1.29 is 13.6 Å². The van der Waals surface area contributed by atoms with E-state index in [1.165, 1.54) is 0 Å². The Bertz CT molecular complexity index is 646. The summed E-state index contributed by atoms with van der Waals surface area (Å²) >= 11 is 0. The number of carbonyl (C=O) groups is 1. The molecular weight excluding hydrogens is 286 g/mol. The smallest absolute Gasteiger partial charge is 0.238 e. The molecule has 0 saturated heterocycles. The fourth-order valence-electron chi connectivity index (χ4n) is 2.13. The average molecular weight is 304 g/mol. The molecule has 2 aromatic carbocycles. The first-order valence-electron chi connectivity index (χ1n) is 6.97.